The van der Waals surface area contributed by atoms with E-state index in [2.05, 4.69) is 5.32 Å². The second kappa shape index (κ2) is 8.55. The van der Waals surface area contributed by atoms with Gasteiger partial charge in [0, 0.05) is 24.4 Å². The van der Waals surface area contributed by atoms with Crippen molar-refractivity contribution in [1.29, 1.82) is 0 Å². The molecule has 0 bridgehead atoms. The normalized spacial score (nSPS) is 12.7. The maximum absolute atomic E-state index is 12.6. The first-order valence-electron chi connectivity index (χ1n) is 9.12. The number of fused-ring (bicyclic) bond motifs is 1. The van der Waals surface area contributed by atoms with Crippen molar-refractivity contribution in [3.8, 4) is 5.75 Å². The number of nitro groups is 2. The molecule has 0 saturated heterocycles. The van der Waals surface area contributed by atoms with E-state index in [9.17, 15) is 29.8 Å². The van der Waals surface area contributed by atoms with E-state index in [-0.39, 0.29) is 18.1 Å². The van der Waals surface area contributed by atoms with Gasteiger partial charge in [-0.3, -0.25) is 29.8 Å². The van der Waals surface area contributed by atoms with Crippen molar-refractivity contribution in [2.24, 2.45) is 0 Å². The predicted molar refractivity (Wildman–Crippen MR) is 107 cm³/mol. The van der Waals surface area contributed by atoms with Gasteiger partial charge in [-0.25, -0.2) is 0 Å². The van der Waals surface area contributed by atoms with Crippen LogP contribution in [0.3, 0.4) is 0 Å². The van der Waals surface area contributed by atoms with Crippen LogP contribution in [-0.4, -0.2) is 34.8 Å². The SMILES string of the molecule is CCCCN1C(=O)COc2ccc(NC(=O)c3cc([N+](=O)[O-])cc([N+](=O)[O-])c3)cc21. The first kappa shape index (κ1) is 20.7. The number of hydrogen-bond donors (Lipinski definition) is 1. The van der Waals surface area contributed by atoms with Crippen LogP contribution >= 0.6 is 0 Å². The molecule has 11 heteroatoms. The Morgan fingerprint density at radius 2 is 1.80 bits per heavy atom. The highest BCUT2D eigenvalue weighted by Gasteiger charge is 2.26. The summed E-state index contributed by atoms with van der Waals surface area (Å²) in [5.74, 6) is -0.465. The Hall–Kier alpha value is -4.02. The molecule has 1 aliphatic rings. The fourth-order valence-electron chi connectivity index (χ4n) is 2.98. The molecule has 0 unspecified atom stereocenters. The largest absolute Gasteiger partial charge is 0.482 e. The summed E-state index contributed by atoms with van der Waals surface area (Å²) in [6.07, 6.45) is 1.68. The Morgan fingerprint density at radius 1 is 1.13 bits per heavy atom. The summed E-state index contributed by atoms with van der Waals surface area (Å²) < 4.78 is 5.42. The molecular weight excluding hydrogens is 396 g/mol. The number of amides is 2. The van der Waals surface area contributed by atoms with Gasteiger partial charge in [-0.1, -0.05) is 13.3 Å². The van der Waals surface area contributed by atoms with Crippen LogP contribution in [0.4, 0.5) is 22.7 Å². The zero-order valence-corrected chi connectivity index (χ0v) is 16.0. The van der Waals surface area contributed by atoms with Gasteiger partial charge < -0.3 is 15.0 Å². The monoisotopic (exact) mass is 414 g/mol. The first-order chi connectivity index (χ1) is 14.3. The number of nitro benzene ring substituents is 2. The standard InChI is InChI=1S/C19H18N4O7/c1-2-3-6-21-16-9-13(4-5-17(16)30-11-18(21)24)20-19(25)12-7-14(22(26)27)10-15(8-12)23(28)29/h4-5,7-10H,2-3,6,11H2,1H3,(H,20,25). The molecule has 3 rings (SSSR count). The number of hydrogen-bond acceptors (Lipinski definition) is 7. The number of benzene rings is 2. The molecule has 0 atom stereocenters. The van der Waals surface area contributed by atoms with Gasteiger partial charge in [0.1, 0.15) is 5.75 Å². The molecule has 2 aromatic carbocycles. The molecule has 1 aliphatic heterocycles. The summed E-state index contributed by atoms with van der Waals surface area (Å²) in [7, 11) is 0. The van der Waals surface area contributed by atoms with Crippen LogP contribution in [0.2, 0.25) is 0 Å². The van der Waals surface area contributed by atoms with Gasteiger partial charge in [0.2, 0.25) is 0 Å². The van der Waals surface area contributed by atoms with E-state index in [1.165, 1.54) is 0 Å². The predicted octanol–water partition coefficient (Wildman–Crippen LogP) is 3.28. The Balaban J connectivity index is 1.89. The van der Waals surface area contributed by atoms with E-state index in [0.717, 1.165) is 31.0 Å². The average Bonchev–Trinajstić information content (AvgIpc) is 2.72. The number of rotatable bonds is 7. The molecule has 0 saturated carbocycles. The lowest BCUT2D eigenvalue weighted by Crippen LogP contribution is -2.39. The summed E-state index contributed by atoms with van der Waals surface area (Å²) in [5, 5.41) is 24.6. The Labute approximate surface area is 170 Å². The highest BCUT2D eigenvalue weighted by molar-refractivity contribution is 6.06. The number of nitrogens with zero attached hydrogens (tertiary/aromatic N) is 3. The van der Waals surface area contributed by atoms with Crippen molar-refractivity contribution < 1.29 is 24.2 Å². The van der Waals surface area contributed by atoms with Crippen molar-refractivity contribution in [1.82, 2.24) is 0 Å². The topological polar surface area (TPSA) is 145 Å². The molecule has 2 amide bonds. The molecule has 0 aliphatic carbocycles. The van der Waals surface area contributed by atoms with Gasteiger partial charge in [-0.05, 0) is 24.6 Å². The van der Waals surface area contributed by atoms with Crippen molar-refractivity contribution >= 4 is 34.6 Å². The van der Waals surface area contributed by atoms with Crippen LogP contribution in [0, 0.1) is 20.2 Å². The number of carbonyl (C=O) groups is 2. The molecule has 11 nitrogen and oxygen atoms in total. The highest BCUT2D eigenvalue weighted by Crippen LogP contribution is 2.35. The number of anilines is 2. The molecule has 2 aromatic rings. The second-order valence-electron chi connectivity index (χ2n) is 6.58. The van der Waals surface area contributed by atoms with E-state index >= 15 is 0 Å². The van der Waals surface area contributed by atoms with Crippen LogP contribution < -0.4 is 15.0 Å². The van der Waals surface area contributed by atoms with E-state index in [0.29, 0.717) is 23.7 Å². The number of ether oxygens (including phenoxy) is 1. The third-order valence-corrected chi connectivity index (χ3v) is 4.48. The third-order valence-electron chi connectivity index (χ3n) is 4.48. The minimum atomic E-state index is -0.808. The Bertz CT molecular complexity index is 1010. The highest BCUT2D eigenvalue weighted by atomic mass is 16.6. The molecule has 0 spiro atoms. The van der Waals surface area contributed by atoms with Crippen LogP contribution in [0.25, 0.3) is 0 Å². The lowest BCUT2D eigenvalue weighted by molar-refractivity contribution is -0.394. The summed E-state index contributed by atoms with van der Waals surface area (Å²) in [4.78, 5) is 46.8. The summed E-state index contributed by atoms with van der Waals surface area (Å²) in [5.41, 5.74) is -0.548. The van der Waals surface area contributed by atoms with Gasteiger partial charge in [-0.2, -0.15) is 0 Å². The Kier molecular flexibility index (Phi) is 5.90. The maximum Gasteiger partial charge on any atom is 0.277 e. The number of non-ortho nitro benzene ring substituents is 2. The molecule has 30 heavy (non-hydrogen) atoms. The zero-order chi connectivity index (χ0) is 21.8. The Morgan fingerprint density at radius 3 is 2.40 bits per heavy atom. The van der Waals surface area contributed by atoms with E-state index in [1.807, 2.05) is 6.92 Å². The van der Waals surface area contributed by atoms with Gasteiger partial charge in [0.25, 0.3) is 23.2 Å². The number of unbranched alkanes of at least 4 members (excludes halogenated alkanes) is 1. The van der Waals surface area contributed by atoms with Crippen molar-refractivity contribution in [3.63, 3.8) is 0 Å². The van der Waals surface area contributed by atoms with Gasteiger partial charge in [0.05, 0.1) is 27.2 Å². The van der Waals surface area contributed by atoms with Gasteiger partial charge in [-0.15, -0.1) is 0 Å². The van der Waals surface area contributed by atoms with Crippen molar-refractivity contribution in [2.45, 2.75) is 19.8 Å². The molecule has 0 radical (unpaired) electrons. The molecule has 1 N–H and O–H groups in total. The van der Waals surface area contributed by atoms with Crippen molar-refractivity contribution in [2.75, 3.05) is 23.4 Å². The van der Waals surface area contributed by atoms with Crippen LogP contribution in [0.15, 0.2) is 36.4 Å². The van der Waals surface area contributed by atoms with Crippen LogP contribution in [0.1, 0.15) is 30.1 Å². The fraction of sp³-hybridized carbons (Fsp3) is 0.263. The summed E-state index contributed by atoms with van der Waals surface area (Å²) >= 11 is 0. The molecule has 0 fully saturated rings. The summed E-state index contributed by atoms with van der Waals surface area (Å²) in [6.45, 7) is 2.43. The lowest BCUT2D eigenvalue weighted by Gasteiger charge is -2.29. The zero-order valence-electron chi connectivity index (χ0n) is 16.0. The fourth-order valence-corrected chi connectivity index (χ4v) is 2.98. The van der Waals surface area contributed by atoms with Gasteiger partial charge in [0.15, 0.2) is 6.61 Å². The molecule has 156 valence electrons. The quantitative estimate of drug-likeness (QED) is 0.540. The third kappa shape index (κ3) is 4.35. The smallest absolute Gasteiger partial charge is 0.277 e. The lowest BCUT2D eigenvalue weighted by atomic mass is 10.1. The van der Waals surface area contributed by atoms with Crippen LogP contribution in [0.5, 0.6) is 5.75 Å². The minimum absolute atomic E-state index is 0.0697. The number of carbonyl (C=O) groups excluding carboxylic acids is 2. The van der Waals surface area contributed by atoms with E-state index < -0.39 is 27.1 Å². The minimum Gasteiger partial charge on any atom is -0.482 e. The van der Waals surface area contributed by atoms with E-state index in [1.54, 1.807) is 23.1 Å². The molecule has 0 aromatic heterocycles. The van der Waals surface area contributed by atoms with Crippen LogP contribution in [-0.2, 0) is 4.79 Å². The average molecular weight is 414 g/mol. The summed E-state index contributed by atoms with van der Waals surface area (Å²) in [6, 6.07) is 7.42. The van der Waals surface area contributed by atoms with E-state index in [4.69, 9.17) is 4.74 Å². The molecular formula is C19H18N4O7. The molecule has 1 heterocycles. The first-order valence-corrected chi connectivity index (χ1v) is 9.12. The number of nitrogens with one attached hydrogen (secondary N) is 1. The van der Waals surface area contributed by atoms with Gasteiger partial charge >= 0.3 is 0 Å². The maximum atomic E-state index is 12.6. The van der Waals surface area contributed by atoms with Crippen molar-refractivity contribution in [3.05, 3.63) is 62.2 Å². The second-order valence-corrected chi connectivity index (χ2v) is 6.58.